The van der Waals surface area contributed by atoms with Gasteiger partial charge in [0.05, 0.1) is 6.61 Å². The minimum absolute atomic E-state index is 0.000538. The summed E-state index contributed by atoms with van der Waals surface area (Å²) in [5.74, 6) is -0.0456. The second-order valence-corrected chi connectivity index (χ2v) is 6.86. The minimum Gasteiger partial charge on any atom is -0.493 e. The summed E-state index contributed by atoms with van der Waals surface area (Å²) in [7, 11) is 0. The van der Waals surface area contributed by atoms with Gasteiger partial charge in [-0.05, 0) is 28.8 Å². The summed E-state index contributed by atoms with van der Waals surface area (Å²) in [5, 5.41) is 2.45. The van der Waals surface area contributed by atoms with Crippen molar-refractivity contribution in [2.45, 2.75) is 32.5 Å². The molecule has 26 heavy (non-hydrogen) atoms. The van der Waals surface area contributed by atoms with Crippen LogP contribution in [-0.4, -0.2) is 30.2 Å². The zero-order chi connectivity index (χ0) is 18.9. The summed E-state index contributed by atoms with van der Waals surface area (Å²) in [6.45, 7) is 4.17. The molecule has 2 aromatic carbocycles. The summed E-state index contributed by atoms with van der Waals surface area (Å²) in [4.78, 5) is 11.5. The smallest absolute Gasteiger partial charge is 0.410 e. The monoisotopic (exact) mass is 366 g/mol. The van der Waals surface area contributed by atoms with E-state index in [9.17, 15) is 18.0 Å². The van der Waals surface area contributed by atoms with Crippen molar-refractivity contribution < 1.29 is 22.7 Å². The molecule has 140 valence electrons. The summed E-state index contributed by atoms with van der Waals surface area (Å²) in [6.07, 6.45) is -4.52. The third-order valence-electron chi connectivity index (χ3n) is 4.21. The fourth-order valence-corrected chi connectivity index (χ4v) is 3.04. The van der Waals surface area contributed by atoms with Crippen LogP contribution in [0.25, 0.3) is 10.8 Å². The molecule has 1 aliphatic rings. The van der Waals surface area contributed by atoms with Crippen LogP contribution in [-0.2, 0) is 4.79 Å². The summed E-state index contributed by atoms with van der Waals surface area (Å²) >= 11 is 0. The van der Waals surface area contributed by atoms with E-state index in [0.29, 0.717) is 12.0 Å². The number of hydrazine groups is 1. The molecule has 0 bridgehead atoms. The molecular weight excluding hydrogens is 345 g/mol. The van der Waals surface area contributed by atoms with Crippen LogP contribution in [0.4, 0.5) is 13.2 Å². The molecular formula is C19H21F3N2O2. The Kier molecular flexibility index (Phi) is 5.09. The average Bonchev–Trinajstić information content (AvgIpc) is 2.97. The molecule has 4 nitrogen and oxygen atoms in total. The highest BCUT2D eigenvalue weighted by atomic mass is 19.4. The van der Waals surface area contributed by atoms with E-state index in [0.717, 1.165) is 10.4 Å². The van der Waals surface area contributed by atoms with Crippen molar-refractivity contribution in [1.29, 1.82) is 0 Å². The molecule has 1 aliphatic heterocycles. The van der Waals surface area contributed by atoms with Gasteiger partial charge in [-0.15, -0.1) is 0 Å². The van der Waals surface area contributed by atoms with Crippen LogP contribution in [0.3, 0.4) is 0 Å². The Hall–Kier alpha value is -2.28. The van der Waals surface area contributed by atoms with Crippen LogP contribution in [0.5, 0.6) is 5.75 Å². The lowest BCUT2D eigenvalue weighted by atomic mass is 9.99. The number of alkyl halides is 3. The van der Waals surface area contributed by atoms with Crippen molar-refractivity contribution in [3.05, 3.63) is 42.0 Å². The Labute approximate surface area is 149 Å². The van der Waals surface area contributed by atoms with Gasteiger partial charge in [-0.25, -0.2) is 5.01 Å². The standard InChI is InChI=1S/C19H21F3N2O2/c1-12(2)11-26-16-10-14-6-4-3-5-13(14)9-15(16)18(19(20,21)22)24-8-7-17(25)23-24/h3-6,9-10,12,18H,7-8,11H2,1-2H3,(H,23,25). The molecule has 0 radical (unpaired) electrons. The molecule has 1 saturated heterocycles. The lowest BCUT2D eigenvalue weighted by Crippen LogP contribution is -2.43. The number of nitrogens with zero attached hydrogens (tertiary/aromatic N) is 1. The highest BCUT2D eigenvalue weighted by molar-refractivity contribution is 5.85. The van der Waals surface area contributed by atoms with Crippen molar-refractivity contribution in [1.82, 2.24) is 10.4 Å². The highest BCUT2D eigenvalue weighted by Crippen LogP contribution is 2.43. The molecule has 1 amide bonds. The van der Waals surface area contributed by atoms with E-state index >= 15 is 0 Å². The molecule has 7 heteroatoms. The Bertz CT molecular complexity index is 805. The zero-order valence-electron chi connectivity index (χ0n) is 14.6. The van der Waals surface area contributed by atoms with Gasteiger partial charge in [0.2, 0.25) is 5.91 Å². The van der Waals surface area contributed by atoms with Crippen LogP contribution in [0.1, 0.15) is 31.9 Å². The largest absolute Gasteiger partial charge is 0.493 e. The van der Waals surface area contributed by atoms with Crippen molar-refractivity contribution in [3.63, 3.8) is 0 Å². The molecule has 1 N–H and O–H groups in total. The number of carbonyl (C=O) groups is 1. The average molecular weight is 366 g/mol. The van der Waals surface area contributed by atoms with Gasteiger partial charge >= 0.3 is 6.18 Å². The van der Waals surface area contributed by atoms with E-state index in [4.69, 9.17) is 4.74 Å². The van der Waals surface area contributed by atoms with Crippen LogP contribution in [0.2, 0.25) is 0 Å². The normalized spacial score (nSPS) is 16.9. The molecule has 3 rings (SSSR count). The lowest BCUT2D eigenvalue weighted by molar-refractivity contribution is -0.191. The molecule has 1 fully saturated rings. The molecule has 0 aliphatic carbocycles. The number of rotatable bonds is 5. The maximum Gasteiger partial charge on any atom is 0.410 e. The van der Waals surface area contributed by atoms with E-state index in [1.54, 1.807) is 18.2 Å². The molecule has 1 unspecified atom stereocenters. The number of benzene rings is 2. The van der Waals surface area contributed by atoms with E-state index in [-0.39, 0.29) is 30.2 Å². The highest BCUT2D eigenvalue weighted by Gasteiger charge is 2.48. The number of halogens is 3. The number of nitrogens with one attached hydrogen (secondary N) is 1. The van der Waals surface area contributed by atoms with E-state index in [1.807, 2.05) is 26.0 Å². The lowest BCUT2D eigenvalue weighted by Gasteiger charge is -2.31. The summed E-state index contributed by atoms with van der Waals surface area (Å²) < 4.78 is 47.5. The van der Waals surface area contributed by atoms with Crippen molar-refractivity contribution in [2.75, 3.05) is 13.2 Å². The first-order valence-electron chi connectivity index (χ1n) is 8.54. The first kappa shape index (κ1) is 18.5. The van der Waals surface area contributed by atoms with E-state index < -0.39 is 18.1 Å². The molecule has 1 heterocycles. The Morgan fingerprint density at radius 2 is 1.85 bits per heavy atom. The fraction of sp³-hybridized carbons (Fsp3) is 0.421. The summed E-state index contributed by atoms with van der Waals surface area (Å²) in [5.41, 5.74) is 2.33. The molecule has 0 saturated carbocycles. The third-order valence-corrected chi connectivity index (χ3v) is 4.21. The van der Waals surface area contributed by atoms with E-state index in [2.05, 4.69) is 5.43 Å². The number of carbonyl (C=O) groups excluding carboxylic acids is 1. The molecule has 0 spiro atoms. The first-order valence-corrected chi connectivity index (χ1v) is 8.54. The maximum atomic E-state index is 13.9. The number of hydrogen-bond acceptors (Lipinski definition) is 3. The summed E-state index contributed by atoms with van der Waals surface area (Å²) in [6, 6.07) is 8.40. The van der Waals surface area contributed by atoms with E-state index in [1.165, 1.54) is 6.07 Å². The topological polar surface area (TPSA) is 41.6 Å². The Balaban J connectivity index is 2.11. The number of amides is 1. The number of hydrogen-bond donors (Lipinski definition) is 1. The predicted molar refractivity (Wildman–Crippen MR) is 92.5 cm³/mol. The first-order chi connectivity index (χ1) is 12.3. The van der Waals surface area contributed by atoms with Crippen molar-refractivity contribution in [2.24, 2.45) is 5.92 Å². The van der Waals surface area contributed by atoms with Gasteiger partial charge in [0.15, 0.2) is 6.04 Å². The van der Waals surface area contributed by atoms with Crippen molar-refractivity contribution >= 4 is 16.7 Å². The van der Waals surface area contributed by atoms with Gasteiger partial charge in [0, 0.05) is 18.5 Å². The Morgan fingerprint density at radius 3 is 2.38 bits per heavy atom. The minimum atomic E-state index is -4.56. The zero-order valence-corrected chi connectivity index (χ0v) is 14.6. The number of ether oxygens (including phenoxy) is 1. The predicted octanol–water partition coefficient (Wildman–Crippen LogP) is 4.21. The third kappa shape index (κ3) is 3.93. The van der Waals surface area contributed by atoms with Gasteiger partial charge in [-0.3, -0.25) is 10.2 Å². The van der Waals surface area contributed by atoms with Crippen LogP contribution >= 0.6 is 0 Å². The van der Waals surface area contributed by atoms with Gasteiger partial charge in [-0.2, -0.15) is 13.2 Å². The second-order valence-electron chi connectivity index (χ2n) is 6.86. The maximum absolute atomic E-state index is 13.9. The van der Waals surface area contributed by atoms with Crippen molar-refractivity contribution in [3.8, 4) is 5.75 Å². The SMILES string of the molecule is CC(C)COc1cc2ccccc2cc1C(N1CCC(=O)N1)C(F)(F)F. The fourth-order valence-electron chi connectivity index (χ4n) is 3.04. The Morgan fingerprint density at radius 1 is 1.19 bits per heavy atom. The van der Waals surface area contributed by atoms with Gasteiger partial charge in [-0.1, -0.05) is 38.1 Å². The quantitative estimate of drug-likeness (QED) is 0.862. The van der Waals surface area contributed by atoms with Gasteiger partial charge < -0.3 is 4.74 Å². The molecule has 1 atom stereocenters. The van der Waals surface area contributed by atoms with Gasteiger partial charge in [0.25, 0.3) is 0 Å². The van der Waals surface area contributed by atoms with Crippen LogP contribution < -0.4 is 10.2 Å². The van der Waals surface area contributed by atoms with Gasteiger partial charge in [0.1, 0.15) is 5.75 Å². The van der Waals surface area contributed by atoms with Crippen LogP contribution in [0.15, 0.2) is 36.4 Å². The molecule has 0 aromatic heterocycles. The second kappa shape index (κ2) is 7.15. The van der Waals surface area contributed by atoms with Crippen LogP contribution in [0, 0.1) is 5.92 Å². The molecule has 2 aromatic rings. The number of fused-ring (bicyclic) bond motifs is 1.